The Morgan fingerprint density at radius 3 is 2.62 bits per heavy atom. The highest BCUT2D eigenvalue weighted by molar-refractivity contribution is 7.09. The molecule has 0 saturated carbocycles. The van der Waals surface area contributed by atoms with Crippen LogP contribution in [0.2, 0.25) is 0 Å². The van der Waals surface area contributed by atoms with E-state index in [-0.39, 0.29) is 0 Å². The average molecular weight is 342 g/mol. The zero-order chi connectivity index (χ0) is 16.7. The maximum Gasteiger partial charge on any atom is 0.0981 e. The summed E-state index contributed by atoms with van der Waals surface area (Å²) in [5, 5.41) is 3.40. The Bertz CT molecular complexity index is 689. The molecule has 4 heteroatoms. The Balaban J connectivity index is 1.34. The summed E-state index contributed by atoms with van der Waals surface area (Å²) in [6, 6.07) is 8.39. The minimum atomic E-state index is 0.613. The van der Waals surface area contributed by atoms with E-state index in [1.807, 2.05) is 6.20 Å². The predicted octanol–water partition coefficient (Wildman–Crippen LogP) is 3.90. The molecule has 1 aromatic heterocycles. The second-order valence-corrected chi connectivity index (χ2v) is 8.60. The highest BCUT2D eigenvalue weighted by Crippen LogP contribution is 2.31. The number of rotatable bonds is 5. The molecule has 0 N–H and O–H groups in total. The van der Waals surface area contributed by atoms with Crippen LogP contribution in [0, 0.1) is 0 Å². The topological polar surface area (TPSA) is 19.4 Å². The van der Waals surface area contributed by atoms with Crippen LogP contribution in [0.1, 0.15) is 48.4 Å². The van der Waals surface area contributed by atoms with Gasteiger partial charge in [0.05, 0.1) is 5.01 Å². The molecule has 0 amide bonds. The molecule has 2 aliphatic heterocycles. The van der Waals surface area contributed by atoms with E-state index >= 15 is 0 Å². The monoisotopic (exact) mass is 341 g/mol. The van der Waals surface area contributed by atoms with Crippen molar-refractivity contribution in [3.8, 4) is 0 Å². The maximum absolute atomic E-state index is 4.46. The van der Waals surface area contributed by atoms with Crippen LogP contribution in [0.5, 0.6) is 0 Å². The lowest BCUT2D eigenvalue weighted by molar-refractivity contribution is 0.100. The molecule has 2 aromatic rings. The van der Waals surface area contributed by atoms with Crippen LogP contribution >= 0.6 is 11.3 Å². The van der Waals surface area contributed by atoms with Crippen LogP contribution < -0.4 is 0 Å². The number of nitrogens with zero attached hydrogens (tertiary/aromatic N) is 3. The molecule has 0 bridgehead atoms. The van der Waals surface area contributed by atoms with Gasteiger partial charge in [0.15, 0.2) is 0 Å². The largest absolute Gasteiger partial charge is 0.299 e. The molecule has 128 valence electrons. The number of benzene rings is 1. The van der Waals surface area contributed by atoms with E-state index in [0.29, 0.717) is 18.0 Å². The summed E-state index contributed by atoms with van der Waals surface area (Å²) in [5.41, 5.74) is 4.55. The number of thiazole rings is 1. The van der Waals surface area contributed by atoms with Crippen LogP contribution in [0.3, 0.4) is 0 Å². The van der Waals surface area contributed by atoms with Gasteiger partial charge in [0.2, 0.25) is 0 Å². The molecule has 1 saturated heterocycles. The third kappa shape index (κ3) is 3.15. The lowest BCUT2D eigenvalue weighted by Gasteiger charge is -2.42. The van der Waals surface area contributed by atoms with Crippen molar-refractivity contribution in [2.45, 2.75) is 58.3 Å². The number of fused-ring (bicyclic) bond motifs is 1. The van der Waals surface area contributed by atoms with Gasteiger partial charge in [0.1, 0.15) is 0 Å². The molecule has 0 aliphatic carbocycles. The summed E-state index contributed by atoms with van der Waals surface area (Å²) < 4.78 is 0. The molecule has 1 fully saturated rings. The number of aromatic nitrogens is 1. The second kappa shape index (κ2) is 6.58. The molecular weight excluding hydrogens is 314 g/mol. The Morgan fingerprint density at radius 1 is 1.12 bits per heavy atom. The Labute approximate surface area is 149 Å². The summed E-state index contributed by atoms with van der Waals surface area (Å²) in [5.74, 6) is 0.659. The summed E-state index contributed by atoms with van der Waals surface area (Å²) >= 11 is 1.80. The number of hydrogen-bond acceptors (Lipinski definition) is 4. The summed E-state index contributed by atoms with van der Waals surface area (Å²) in [7, 11) is 0. The van der Waals surface area contributed by atoms with Gasteiger partial charge in [-0.3, -0.25) is 9.80 Å². The van der Waals surface area contributed by atoms with E-state index < -0.39 is 0 Å². The van der Waals surface area contributed by atoms with Gasteiger partial charge in [-0.25, -0.2) is 4.98 Å². The van der Waals surface area contributed by atoms with Gasteiger partial charge >= 0.3 is 0 Å². The van der Waals surface area contributed by atoms with Gasteiger partial charge < -0.3 is 0 Å². The normalized spacial score (nSPS) is 20.3. The zero-order valence-electron chi connectivity index (χ0n) is 14.9. The minimum absolute atomic E-state index is 0.613. The van der Waals surface area contributed by atoms with E-state index in [1.165, 1.54) is 34.8 Å². The first-order valence-electron chi connectivity index (χ1n) is 9.08. The van der Waals surface area contributed by atoms with Gasteiger partial charge in [0, 0.05) is 55.8 Å². The first kappa shape index (κ1) is 16.2. The number of hydrogen-bond donors (Lipinski definition) is 0. The smallest absolute Gasteiger partial charge is 0.0981 e. The standard InChI is InChI=1S/C20H27N3S/c1-14(2)22-10-17-5-4-16(9-18(17)11-22)8-15(3)23-12-19(13-23)20-21-6-7-24-20/h4-7,9,14-15,19H,8,10-13H2,1-3H3. The molecule has 4 rings (SSSR count). The highest BCUT2D eigenvalue weighted by Gasteiger charge is 2.33. The Morgan fingerprint density at radius 2 is 1.92 bits per heavy atom. The van der Waals surface area contributed by atoms with Crippen LogP contribution in [-0.2, 0) is 19.5 Å². The molecule has 0 radical (unpaired) electrons. The van der Waals surface area contributed by atoms with Crippen molar-refractivity contribution in [2.75, 3.05) is 13.1 Å². The SMILES string of the molecule is CC(C)N1Cc2ccc(CC(C)N3CC(c4nccs4)C3)cc2C1. The summed E-state index contributed by atoms with van der Waals surface area (Å²) in [6.07, 6.45) is 3.08. The fraction of sp³-hybridized carbons (Fsp3) is 0.550. The predicted molar refractivity (Wildman–Crippen MR) is 100 cm³/mol. The molecule has 1 atom stereocenters. The van der Waals surface area contributed by atoms with Crippen molar-refractivity contribution >= 4 is 11.3 Å². The summed E-state index contributed by atoms with van der Waals surface area (Å²) in [6.45, 7) is 11.5. The van der Waals surface area contributed by atoms with Crippen LogP contribution in [0.15, 0.2) is 29.8 Å². The second-order valence-electron chi connectivity index (χ2n) is 7.68. The van der Waals surface area contributed by atoms with Crippen LogP contribution in [-0.4, -0.2) is 40.0 Å². The van der Waals surface area contributed by atoms with Gasteiger partial charge in [0.25, 0.3) is 0 Å². The van der Waals surface area contributed by atoms with E-state index in [9.17, 15) is 0 Å². The Kier molecular flexibility index (Phi) is 4.46. The molecule has 3 heterocycles. The maximum atomic E-state index is 4.46. The van der Waals surface area contributed by atoms with Gasteiger partial charge in [-0.1, -0.05) is 18.2 Å². The summed E-state index contributed by atoms with van der Waals surface area (Å²) in [4.78, 5) is 9.61. The lowest BCUT2D eigenvalue weighted by atomic mass is 9.95. The third-order valence-electron chi connectivity index (χ3n) is 5.61. The first-order chi connectivity index (χ1) is 11.6. The molecule has 0 spiro atoms. The van der Waals surface area contributed by atoms with Crippen molar-refractivity contribution in [3.05, 3.63) is 51.5 Å². The van der Waals surface area contributed by atoms with Crippen LogP contribution in [0.4, 0.5) is 0 Å². The van der Waals surface area contributed by atoms with Crippen molar-refractivity contribution in [1.29, 1.82) is 0 Å². The van der Waals surface area contributed by atoms with E-state index in [2.05, 4.69) is 59.1 Å². The quantitative estimate of drug-likeness (QED) is 0.822. The fourth-order valence-electron chi connectivity index (χ4n) is 3.90. The van der Waals surface area contributed by atoms with Crippen molar-refractivity contribution in [2.24, 2.45) is 0 Å². The average Bonchev–Trinajstić information content (AvgIpc) is 3.14. The van der Waals surface area contributed by atoms with E-state index in [4.69, 9.17) is 0 Å². The minimum Gasteiger partial charge on any atom is -0.299 e. The van der Waals surface area contributed by atoms with Gasteiger partial charge in [-0.15, -0.1) is 11.3 Å². The third-order valence-corrected chi connectivity index (χ3v) is 6.55. The molecule has 24 heavy (non-hydrogen) atoms. The van der Waals surface area contributed by atoms with Gasteiger partial charge in [-0.2, -0.15) is 0 Å². The van der Waals surface area contributed by atoms with Crippen molar-refractivity contribution < 1.29 is 0 Å². The number of likely N-dealkylation sites (tertiary alicyclic amines) is 1. The molecule has 3 nitrogen and oxygen atoms in total. The lowest BCUT2D eigenvalue weighted by Crippen LogP contribution is -2.50. The van der Waals surface area contributed by atoms with Crippen molar-refractivity contribution in [3.63, 3.8) is 0 Å². The first-order valence-corrected chi connectivity index (χ1v) is 9.96. The Hall–Kier alpha value is -1.23. The molecule has 2 aliphatic rings. The van der Waals surface area contributed by atoms with E-state index in [1.54, 1.807) is 11.3 Å². The van der Waals surface area contributed by atoms with Crippen LogP contribution in [0.25, 0.3) is 0 Å². The zero-order valence-corrected chi connectivity index (χ0v) is 15.7. The molecular formula is C20H27N3S. The fourth-order valence-corrected chi connectivity index (χ4v) is 4.63. The van der Waals surface area contributed by atoms with E-state index in [0.717, 1.165) is 19.5 Å². The van der Waals surface area contributed by atoms with Crippen molar-refractivity contribution in [1.82, 2.24) is 14.8 Å². The highest BCUT2D eigenvalue weighted by atomic mass is 32.1. The molecule has 1 unspecified atom stereocenters. The van der Waals surface area contributed by atoms with Gasteiger partial charge in [-0.05, 0) is 43.9 Å². The molecule has 1 aromatic carbocycles.